The summed E-state index contributed by atoms with van der Waals surface area (Å²) < 4.78 is 30.9. The molecule has 2 rings (SSSR count). The van der Waals surface area contributed by atoms with Crippen molar-refractivity contribution in [3.63, 3.8) is 0 Å². The highest BCUT2D eigenvalue weighted by Crippen LogP contribution is 2.28. The van der Waals surface area contributed by atoms with Gasteiger partial charge in [-0.25, -0.2) is 13.1 Å². The van der Waals surface area contributed by atoms with E-state index in [0.29, 0.717) is 17.9 Å². The van der Waals surface area contributed by atoms with Gasteiger partial charge in [0, 0.05) is 0 Å². The molecule has 1 aliphatic rings. The number of amides is 1. The normalized spacial score (nSPS) is 18.4. The Bertz CT molecular complexity index is 571. The molecule has 0 spiro atoms. The third kappa shape index (κ3) is 3.45. The number of nitrogens with one attached hydrogen (secondary N) is 2. The average molecular weight is 284 g/mol. The van der Waals surface area contributed by atoms with Gasteiger partial charge in [-0.05, 0) is 18.6 Å². The molecule has 0 aliphatic carbocycles. The van der Waals surface area contributed by atoms with E-state index < -0.39 is 16.1 Å². The quantitative estimate of drug-likeness (QED) is 0.834. The van der Waals surface area contributed by atoms with Gasteiger partial charge in [0.2, 0.25) is 10.0 Å². The zero-order chi connectivity index (χ0) is 13.9. The van der Waals surface area contributed by atoms with Gasteiger partial charge in [-0.1, -0.05) is 19.1 Å². The molecule has 0 fully saturated rings. The summed E-state index contributed by atoms with van der Waals surface area (Å²) in [5, 5.41) is 2.68. The number of carbonyl (C=O) groups excluding carboxylic acids is 1. The van der Waals surface area contributed by atoms with Gasteiger partial charge < -0.3 is 10.1 Å². The number of para-hydroxylation sites is 2. The van der Waals surface area contributed by atoms with Crippen LogP contribution < -0.4 is 14.8 Å². The molecule has 7 heteroatoms. The van der Waals surface area contributed by atoms with Crippen molar-refractivity contribution in [1.82, 2.24) is 4.72 Å². The van der Waals surface area contributed by atoms with Crippen molar-refractivity contribution in [1.29, 1.82) is 0 Å². The third-order valence-electron chi connectivity index (χ3n) is 2.67. The van der Waals surface area contributed by atoms with Crippen LogP contribution in [-0.4, -0.2) is 32.7 Å². The molecular formula is C12H16N2O4S. The van der Waals surface area contributed by atoms with E-state index in [2.05, 4.69) is 10.0 Å². The van der Waals surface area contributed by atoms with Crippen LogP contribution in [0, 0.1) is 0 Å². The van der Waals surface area contributed by atoms with Gasteiger partial charge in [-0.3, -0.25) is 4.79 Å². The summed E-state index contributed by atoms with van der Waals surface area (Å²) in [6.07, 6.45) is -0.322. The number of hydrogen-bond donors (Lipinski definition) is 2. The van der Waals surface area contributed by atoms with Crippen molar-refractivity contribution in [2.45, 2.75) is 19.4 Å². The summed E-state index contributed by atoms with van der Waals surface area (Å²) in [5.41, 5.74) is 0.597. The van der Waals surface area contributed by atoms with Crippen molar-refractivity contribution in [3.05, 3.63) is 24.3 Å². The van der Waals surface area contributed by atoms with Crippen molar-refractivity contribution in [3.8, 4) is 5.75 Å². The minimum absolute atomic E-state index is 0.0396. The number of sulfonamides is 1. The first-order valence-electron chi connectivity index (χ1n) is 6.06. The topological polar surface area (TPSA) is 84.5 Å². The Morgan fingerprint density at radius 1 is 1.37 bits per heavy atom. The van der Waals surface area contributed by atoms with E-state index in [9.17, 15) is 13.2 Å². The number of rotatable bonds is 5. The van der Waals surface area contributed by atoms with Crippen LogP contribution in [0.4, 0.5) is 5.69 Å². The Hall–Kier alpha value is -1.60. The highest BCUT2D eigenvalue weighted by molar-refractivity contribution is 7.89. The number of fused-ring (bicyclic) bond motifs is 1. The van der Waals surface area contributed by atoms with Gasteiger partial charge in [-0.2, -0.15) is 0 Å². The smallest absolute Gasteiger partial charge is 0.266 e. The van der Waals surface area contributed by atoms with Crippen molar-refractivity contribution in [2.75, 3.05) is 17.6 Å². The SMILES string of the molecule is CCCS(=O)(=O)NCC1Oc2ccccc2NC1=O. The van der Waals surface area contributed by atoms with Gasteiger partial charge in [0.05, 0.1) is 18.0 Å². The van der Waals surface area contributed by atoms with Gasteiger partial charge in [0.15, 0.2) is 6.10 Å². The van der Waals surface area contributed by atoms with E-state index in [1.165, 1.54) is 0 Å². The predicted molar refractivity (Wildman–Crippen MR) is 71.6 cm³/mol. The zero-order valence-corrected chi connectivity index (χ0v) is 11.4. The van der Waals surface area contributed by atoms with Crippen molar-refractivity contribution >= 4 is 21.6 Å². The minimum Gasteiger partial charge on any atom is -0.477 e. The Morgan fingerprint density at radius 3 is 2.84 bits per heavy atom. The van der Waals surface area contributed by atoms with E-state index in [-0.39, 0.29) is 18.2 Å². The summed E-state index contributed by atoms with van der Waals surface area (Å²) in [4.78, 5) is 11.8. The molecule has 0 saturated heterocycles. The number of carbonyl (C=O) groups is 1. The molecule has 1 aromatic rings. The Kier molecular flexibility index (Phi) is 4.06. The Balaban J connectivity index is 2.02. The first-order valence-corrected chi connectivity index (χ1v) is 7.71. The van der Waals surface area contributed by atoms with Crippen LogP contribution in [0.25, 0.3) is 0 Å². The lowest BCUT2D eigenvalue weighted by atomic mass is 10.2. The predicted octanol–water partition coefficient (Wildman–Crippen LogP) is 0.715. The molecule has 1 atom stereocenters. The Morgan fingerprint density at radius 2 is 2.11 bits per heavy atom. The molecule has 1 aromatic carbocycles. The lowest BCUT2D eigenvalue weighted by Gasteiger charge is -2.25. The van der Waals surface area contributed by atoms with Crippen LogP contribution in [0.5, 0.6) is 5.75 Å². The van der Waals surface area contributed by atoms with Crippen molar-refractivity contribution in [2.24, 2.45) is 0 Å². The molecule has 1 amide bonds. The number of benzene rings is 1. The van der Waals surface area contributed by atoms with Crippen LogP contribution in [0.1, 0.15) is 13.3 Å². The molecule has 0 saturated carbocycles. The van der Waals surface area contributed by atoms with E-state index in [1.807, 2.05) is 0 Å². The number of hydrogen-bond acceptors (Lipinski definition) is 4. The van der Waals surface area contributed by atoms with Crippen molar-refractivity contribution < 1.29 is 17.9 Å². The first-order chi connectivity index (χ1) is 9.02. The third-order valence-corrected chi connectivity index (χ3v) is 4.22. The largest absolute Gasteiger partial charge is 0.477 e. The maximum atomic E-state index is 11.8. The molecule has 104 valence electrons. The molecule has 0 bridgehead atoms. The van der Waals surface area contributed by atoms with Gasteiger partial charge in [-0.15, -0.1) is 0 Å². The first kappa shape index (κ1) is 13.8. The van der Waals surface area contributed by atoms with Gasteiger partial charge in [0.25, 0.3) is 5.91 Å². The van der Waals surface area contributed by atoms with Crippen LogP contribution in [0.15, 0.2) is 24.3 Å². The van der Waals surface area contributed by atoms with Crippen LogP contribution >= 0.6 is 0 Å². The molecule has 19 heavy (non-hydrogen) atoms. The zero-order valence-electron chi connectivity index (χ0n) is 10.5. The molecule has 1 heterocycles. The second-order valence-electron chi connectivity index (χ2n) is 4.26. The van der Waals surface area contributed by atoms with E-state index >= 15 is 0 Å². The van der Waals surface area contributed by atoms with Gasteiger partial charge in [0.1, 0.15) is 5.75 Å². The lowest BCUT2D eigenvalue weighted by Crippen LogP contribution is -2.45. The monoisotopic (exact) mass is 284 g/mol. The number of anilines is 1. The molecule has 2 N–H and O–H groups in total. The van der Waals surface area contributed by atoms with E-state index in [1.54, 1.807) is 31.2 Å². The summed E-state index contributed by atoms with van der Waals surface area (Å²) >= 11 is 0. The lowest BCUT2D eigenvalue weighted by molar-refractivity contribution is -0.123. The summed E-state index contributed by atoms with van der Waals surface area (Å²) in [7, 11) is -3.34. The number of ether oxygens (including phenoxy) is 1. The summed E-state index contributed by atoms with van der Waals surface area (Å²) in [6.45, 7) is 1.71. The fourth-order valence-electron chi connectivity index (χ4n) is 1.77. The van der Waals surface area contributed by atoms with E-state index in [4.69, 9.17) is 4.74 Å². The second-order valence-corrected chi connectivity index (χ2v) is 6.19. The standard InChI is InChI=1S/C12H16N2O4S/c1-2-7-19(16,17)13-8-11-12(15)14-9-5-3-4-6-10(9)18-11/h3-6,11,13H,2,7-8H2,1H3,(H,14,15). The summed E-state index contributed by atoms with van der Waals surface area (Å²) in [5.74, 6) is 0.234. The summed E-state index contributed by atoms with van der Waals surface area (Å²) in [6, 6.07) is 7.02. The second kappa shape index (κ2) is 5.58. The molecule has 1 unspecified atom stereocenters. The van der Waals surface area contributed by atoms with E-state index in [0.717, 1.165) is 0 Å². The molecule has 1 aliphatic heterocycles. The maximum Gasteiger partial charge on any atom is 0.266 e. The van der Waals surface area contributed by atoms with Gasteiger partial charge >= 0.3 is 0 Å². The molecule has 6 nitrogen and oxygen atoms in total. The highest BCUT2D eigenvalue weighted by Gasteiger charge is 2.28. The highest BCUT2D eigenvalue weighted by atomic mass is 32.2. The fraction of sp³-hybridized carbons (Fsp3) is 0.417. The van der Waals surface area contributed by atoms with Crippen LogP contribution in [0.2, 0.25) is 0 Å². The average Bonchev–Trinajstić information content (AvgIpc) is 2.36. The van der Waals surface area contributed by atoms with Crippen LogP contribution in [0.3, 0.4) is 0 Å². The molecule has 0 aromatic heterocycles. The maximum absolute atomic E-state index is 11.8. The molecular weight excluding hydrogens is 268 g/mol. The Labute approximate surface area is 112 Å². The molecule has 0 radical (unpaired) electrons. The minimum atomic E-state index is -3.34. The van der Waals surface area contributed by atoms with Crippen LogP contribution in [-0.2, 0) is 14.8 Å². The fourth-order valence-corrected chi connectivity index (χ4v) is 2.86.